The Morgan fingerprint density at radius 3 is 3.00 bits per heavy atom. The second-order valence-electron chi connectivity index (χ2n) is 6.63. The lowest BCUT2D eigenvalue weighted by molar-refractivity contribution is 0.169. The van der Waals surface area contributed by atoms with Gasteiger partial charge in [0.1, 0.15) is 23.4 Å². The van der Waals surface area contributed by atoms with E-state index in [1.807, 2.05) is 37.3 Å². The highest BCUT2D eigenvalue weighted by molar-refractivity contribution is 5.53. The van der Waals surface area contributed by atoms with Gasteiger partial charge < -0.3 is 25.3 Å². The van der Waals surface area contributed by atoms with Crippen LogP contribution in [-0.4, -0.2) is 32.9 Å². The van der Waals surface area contributed by atoms with Crippen LogP contribution in [0.1, 0.15) is 24.0 Å². The average molecular weight is 356 g/mol. The fourth-order valence-corrected chi connectivity index (χ4v) is 3.11. The molecule has 5 nitrogen and oxygen atoms in total. The molecule has 2 aromatic rings. The fourth-order valence-electron chi connectivity index (χ4n) is 3.11. The Labute approximate surface area is 155 Å². The van der Waals surface area contributed by atoms with Crippen molar-refractivity contribution in [3.8, 4) is 17.2 Å². The van der Waals surface area contributed by atoms with Gasteiger partial charge in [-0.05, 0) is 56.5 Å². The van der Waals surface area contributed by atoms with Crippen molar-refractivity contribution in [1.82, 2.24) is 5.32 Å². The van der Waals surface area contributed by atoms with Crippen molar-refractivity contribution in [2.24, 2.45) is 0 Å². The van der Waals surface area contributed by atoms with E-state index in [2.05, 4.69) is 11.4 Å². The Kier molecular flexibility index (Phi) is 6.23. The van der Waals surface area contributed by atoms with Gasteiger partial charge in [0, 0.05) is 23.9 Å². The molecule has 0 radical (unpaired) electrons. The number of fused-ring (bicyclic) bond motifs is 1. The van der Waals surface area contributed by atoms with E-state index in [0.29, 0.717) is 6.61 Å². The van der Waals surface area contributed by atoms with Crippen molar-refractivity contribution in [3.05, 3.63) is 47.5 Å². The van der Waals surface area contributed by atoms with Crippen LogP contribution in [0.15, 0.2) is 36.4 Å². The van der Waals surface area contributed by atoms with Crippen LogP contribution in [0.25, 0.3) is 0 Å². The highest BCUT2D eigenvalue weighted by Gasteiger charge is 2.19. The van der Waals surface area contributed by atoms with Gasteiger partial charge in [0.15, 0.2) is 0 Å². The molecule has 2 aromatic carbocycles. The molecule has 0 spiro atoms. The van der Waals surface area contributed by atoms with Crippen LogP contribution in [0, 0.1) is 6.92 Å². The Bertz CT molecular complexity index is 733. The number of nitrogen functional groups attached to an aromatic ring is 1. The van der Waals surface area contributed by atoms with Crippen LogP contribution >= 0.6 is 0 Å². The number of nitrogens with one attached hydrogen (secondary N) is 1. The zero-order valence-electron chi connectivity index (χ0n) is 15.6. The highest BCUT2D eigenvalue weighted by Crippen LogP contribution is 2.31. The van der Waals surface area contributed by atoms with Gasteiger partial charge >= 0.3 is 0 Å². The molecule has 1 atom stereocenters. The summed E-state index contributed by atoms with van der Waals surface area (Å²) in [5.41, 5.74) is 8.93. The van der Waals surface area contributed by atoms with Crippen LogP contribution in [-0.2, 0) is 6.42 Å². The monoisotopic (exact) mass is 356 g/mol. The van der Waals surface area contributed by atoms with Crippen molar-refractivity contribution in [3.63, 3.8) is 0 Å². The summed E-state index contributed by atoms with van der Waals surface area (Å²) in [6.07, 6.45) is 3.21. The number of nitrogens with two attached hydrogens (primary N) is 1. The number of hydrogen-bond donors (Lipinski definition) is 2. The maximum Gasteiger partial charge on any atom is 0.126 e. The quantitative estimate of drug-likeness (QED) is 0.561. The molecule has 0 aliphatic carbocycles. The van der Waals surface area contributed by atoms with E-state index in [-0.39, 0.29) is 6.10 Å². The van der Waals surface area contributed by atoms with E-state index in [9.17, 15) is 0 Å². The number of anilines is 1. The first-order valence-electron chi connectivity index (χ1n) is 9.19. The van der Waals surface area contributed by atoms with Gasteiger partial charge in [0.25, 0.3) is 0 Å². The fraction of sp³-hybridized carbons (Fsp3) is 0.429. The van der Waals surface area contributed by atoms with Gasteiger partial charge in [0.05, 0.1) is 13.7 Å². The summed E-state index contributed by atoms with van der Waals surface area (Å²) in [4.78, 5) is 0. The molecule has 0 fully saturated rings. The Morgan fingerprint density at radius 1 is 1.27 bits per heavy atom. The lowest BCUT2D eigenvalue weighted by atomic mass is 10.0. The predicted octanol–water partition coefficient (Wildman–Crippen LogP) is 3.34. The van der Waals surface area contributed by atoms with Crippen LogP contribution < -0.4 is 25.3 Å². The number of benzene rings is 2. The molecule has 1 heterocycles. The van der Waals surface area contributed by atoms with Crippen molar-refractivity contribution >= 4 is 5.69 Å². The number of aryl methyl sites for hydroxylation is 1. The maximum absolute atomic E-state index is 6.09. The van der Waals surface area contributed by atoms with Crippen LogP contribution in [0.2, 0.25) is 0 Å². The third-order valence-electron chi connectivity index (χ3n) is 4.76. The normalized spacial score (nSPS) is 15.8. The van der Waals surface area contributed by atoms with Gasteiger partial charge in [0.2, 0.25) is 0 Å². The van der Waals surface area contributed by atoms with Crippen LogP contribution in [0.3, 0.4) is 0 Å². The predicted molar refractivity (Wildman–Crippen MR) is 104 cm³/mol. The lowest BCUT2D eigenvalue weighted by Gasteiger charge is -2.26. The Balaban J connectivity index is 1.36. The molecule has 26 heavy (non-hydrogen) atoms. The van der Waals surface area contributed by atoms with E-state index in [1.54, 1.807) is 7.11 Å². The zero-order valence-corrected chi connectivity index (χ0v) is 15.6. The minimum Gasteiger partial charge on any atom is -0.497 e. The van der Waals surface area contributed by atoms with E-state index in [0.717, 1.165) is 60.9 Å². The standard InChI is InChI=1S/C21H28N2O3/c1-15-19(22)5-3-6-20(15)25-12-4-11-23-14-18-10-8-16-7-9-17(24-2)13-21(16)26-18/h3,5-7,9,13,18,23H,4,8,10-12,14,22H2,1-2H3. The Hall–Kier alpha value is -2.40. The molecule has 0 saturated heterocycles. The third-order valence-corrected chi connectivity index (χ3v) is 4.76. The number of methoxy groups -OCH3 is 1. The van der Waals surface area contributed by atoms with E-state index in [4.69, 9.17) is 19.9 Å². The first-order valence-corrected chi connectivity index (χ1v) is 9.19. The molecule has 0 amide bonds. The minimum absolute atomic E-state index is 0.201. The molecule has 1 aliphatic rings. The first-order chi connectivity index (χ1) is 12.7. The van der Waals surface area contributed by atoms with Gasteiger partial charge in [-0.25, -0.2) is 0 Å². The topological polar surface area (TPSA) is 65.7 Å². The molecule has 0 saturated carbocycles. The van der Waals surface area contributed by atoms with Gasteiger partial charge in [-0.2, -0.15) is 0 Å². The van der Waals surface area contributed by atoms with Crippen molar-refractivity contribution in [2.75, 3.05) is 32.5 Å². The summed E-state index contributed by atoms with van der Waals surface area (Å²) >= 11 is 0. The number of rotatable bonds is 8. The molecule has 140 valence electrons. The summed E-state index contributed by atoms with van der Waals surface area (Å²) in [6, 6.07) is 11.8. The summed E-state index contributed by atoms with van der Waals surface area (Å²) in [7, 11) is 1.68. The van der Waals surface area contributed by atoms with Crippen molar-refractivity contribution in [2.45, 2.75) is 32.3 Å². The van der Waals surface area contributed by atoms with E-state index in [1.165, 1.54) is 5.56 Å². The van der Waals surface area contributed by atoms with Gasteiger partial charge in [-0.1, -0.05) is 12.1 Å². The maximum atomic E-state index is 6.09. The largest absolute Gasteiger partial charge is 0.497 e. The van der Waals surface area contributed by atoms with Gasteiger partial charge in [-0.15, -0.1) is 0 Å². The smallest absolute Gasteiger partial charge is 0.126 e. The molecular formula is C21H28N2O3. The summed E-state index contributed by atoms with van der Waals surface area (Å²) in [5, 5.41) is 3.47. The number of ether oxygens (including phenoxy) is 3. The lowest BCUT2D eigenvalue weighted by Crippen LogP contribution is -2.35. The first kappa shape index (κ1) is 18.4. The van der Waals surface area contributed by atoms with E-state index < -0.39 is 0 Å². The van der Waals surface area contributed by atoms with Crippen molar-refractivity contribution < 1.29 is 14.2 Å². The highest BCUT2D eigenvalue weighted by atomic mass is 16.5. The average Bonchev–Trinajstić information content (AvgIpc) is 2.67. The minimum atomic E-state index is 0.201. The molecule has 3 rings (SSSR count). The van der Waals surface area contributed by atoms with Crippen LogP contribution in [0.4, 0.5) is 5.69 Å². The third kappa shape index (κ3) is 4.61. The Morgan fingerprint density at radius 2 is 2.15 bits per heavy atom. The van der Waals surface area contributed by atoms with Crippen molar-refractivity contribution in [1.29, 1.82) is 0 Å². The second-order valence-corrected chi connectivity index (χ2v) is 6.63. The van der Waals surface area contributed by atoms with Crippen LogP contribution in [0.5, 0.6) is 17.2 Å². The summed E-state index contributed by atoms with van der Waals surface area (Å²) in [5.74, 6) is 2.65. The van der Waals surface area contributed by atoms with Gasteiger partial charge in [-0.3, -0.25) is 0 Å². The summed E-state index contributed by atoms with van der Waals surface area (Å²) in [6.45, 7) is 4.39. The zero-order chi connectivity index (χ0) is 18.4. The molecule has 1 aliphatic heterocycles. The second kappa shape index (κ2) is 8.81. The molecular weight excluding hydrogens is 328 g/mol. The molecule has 3 N–H and O–H groups in total. The molecule has 0 aromatic heterocycles. The molecule has 1 unspecified atom stereocenters. The number of hydrogen-bond acceptors (Lipinski definition) is 5. The summed E-state index contributed by atoms with van der Waals surface area (Å²) < 4.78 is 17.2. The van der Waals surface area contributed by atoms with E-state index >= 15 is 0 Å². The SMILES string of the molecule is COc1ccc2c(c1)OC(CNCCCOc1cccc(N)c1C)CC2. The molecule has 0 bridgehead atoms. The molecule has 5 heteroatoms.